The molecule has 0 fully saturated rings. The molecule has 0 saturated heterocycles. The summed E-state index contributed by atoms with van der Waals surface area (Å²) in [6.45, 7) is 1.50. The lowest BCUT2D eigenvalue weighted by atomic mass is 10.2. The summed E-state index contributed by atoms with van der Waals surface area (Å²) in [7, 11) is 3.43. The average Bonchev–Trinajstić information content (AvgIpc) is 3.00. The Kier molecular flexibility index (Phi) is 5.78. The van der Waals surface area contributed by atoms with Gasteiger partial charge in [-0.2, -0.15) is 0 Å². The fraction of sp³-hybridized carbons (Fsp3) is 0.312. The molecule has 0 spiro atoms. The van der Waals surface area contributed by atoms with Gasteiger partial charge in [-0.3, -0.25) is 4.79 Å². The number of carbonyl (C=O) groups is 1. The Balaban J connectivity index is 2.16. The maximum Gasteiger partial charge on any atom is 0.237 e. The second-order valence-electron chi connectivity index (χ2n) is 4.67. The number of benzene rings is 1. The van der Waals surface area contributed by atoms with Gasteiger partial charge in [-0.1, -0.05) is 24.3 Å². The minimum atomic E-state index is 0.0804. The SMILES string of the molecule is CNCC(=O)N(Cc1cccs1)Cc1ccccc1OC. The van der Waals surface area contributed by atoms with E-state index >= 15 is 0 Å². The van der Waals surface area contributed by atoms with Gasteiger partial charge >= 0.3 is 0 Å². The molecule has 112 valence electrons. The molecule has 4 nitrogen and oxygen atoms in total. The number of ether oxygens (including phenoxy) is 1. The van der Waals surface area contributed by atoms with Crippen LogP contribution in [0.3, 0.4) is 0 Å². The van der Waals surface area contributed by atoms with Crippen molar-refractivity contribution < 1.29 is 9.53 Å². The molecule has 2 rings (SSSR count). The third kappa shape index (κ3) is 4.31. The lowest BCUT2D eigenvalue weighted by molar-refractivity contribution is -0.131. The van der Waals surface area contributed by atoms with Gasteiger partial charge in [-0.05, 0) is 24.6 Å². The molecule has 0 saturated carbocycles. The van der Waals surface area contributed by atoms with E-state index in [4.69, 9.17) is 4.74 Å². The molecule has 21 heavy (non-hydrogen) atoms. The maximum atomic E-state index is 12.3. The van der Waals surface area contributed by atoms with E-state index in [0.717, 1.165) is 11.3 Å². The number of hydrogen-bond donors (Lipinski definition) is 1. The first-order valence-corrected chi connectivity index (χ1v) is 7.69. The predicted octanol–water partition coefficient (Wildman–Crippen LogP) is 2.50. The van der Waals surface area contributed by atoms with Crippen LogP contribution in [0, 0.1) is 0 Å². The van der Waals surface area contributed by atoms with Crippen LogP contribution >= 0.6 is 11.3 Å². The predicted molar refractivity (Wildman–Crippen MR) is 85.5 cm³/mol. The highest BCUT2D eigenvalue weighted by molar-refractivity contribution is 7.09. The summed E-state index contributed by atoms with van der Waals surface area (Å²) < 4.78 is 5.37. The summed E-state index contributed by atoms with van der Waals surface area (Å²) in [5.74, 6) is 0.891. The highest BCUT2D eigenvalue weighted by atomic mass is 32.1. The molecule has 1 N–H and O–H groups in total. The maximum absolute atomic E-state index is 12.3. The topological polar surface area (TPSA) is 41.6 Å². The molecule has 0 aliphatic carbocycles. The van der Waals surface area contributed by atoms with E-state index in [1.54, 1.807) is 25.5 Å². The molecule has 5 heteroatoms. The quantitative estimate of drug-likeness (QED) is 0.854. The van der Waals surface area contributed by atoms with Crippen molar-refractivity contribution in [2.75, 3.05) is 20.7 Å². The van der Waals surface area contributed by atoms with E-state index < -0.39 is 0 Å². The summed E-state index contributed by atoms with van der Waals surface area (Å²) in [6.07, 6.45) is 0. The van der Waals surface area contributed by atoms with Crippen molar-refractivity contribution in [1.82, 2.24) is 10.2 Å². The Bertz CT molecular complexity index is 569. The number of methoxy groups -OCH3 is 1. The largest absolute Gasteiger partial charge is 0.496 e. The van der Waals surface area contributed by atoms with Gasteiger partial charge in [-0.25, -0.2) is 0 Å². The van der Waals surface area contributed by atoms with Crippen molar-refractivity contribution in [2.24, 2.45) is 0 Å². The normalized spacial score (nSPS) is 10.4. The molecule has 0 radical (unpaired) electrons. The van der Waals surface area contributed by atoms with Crippen LogP contribution in [-0.2, 0) is 17.9 Å². The highest BCUT2D eigenvalue weighted by Gasteiger charge is 2.16. The third-order valence-electron chi connectivity index (χ3n) is 3.16. The monoisotopic (exact) mass is 304 g/mol. The van der Waals surface area contributed by atoms with E-state index in [-0.39, 0.29) is 5.91 Å². The molecule has 0 unspecified atom stereocenters. The van der Waals surface area contributed by atoms with Gasteiger partial charge in [0.25, 0.3) is 0 Å². The lowest BCUT2D eigenvalue weighted by Gasteiger charge is -2.23. The third-order valence-corrected chi connectivity index (χ3v) is 4.02. The number of nitrogens with one attached hydrogen (secondary N) is 1. The van der Waals surface area contributed by atoms with Crippen molar-refractivity contribution in [3.05, 3.63) is 52.2 Å². The minimum absolute atomic E-state index is 0.0804. The number of rotatable bonds is 7. The Morgan fingerprint density at radius 3 is 2.71 bits per heavy atom. The van der Waals surface area contributed by atoms with Crippen molar-refractivity contribution in [3.63, 3.8) is 0 Å². The van der Waals surface area contributed by atoms with Gasteiger partial charge in [-0.15, -0.1) is 11.3 Å². The van der Waals surface area contributed by atoms with Gasteiger partial charge in [0, 0.05) is 17.0 Å². The summed E-state index contributed by atoms with van der Waals surface area (Å²) in [5.41, 5.74) is 1.01. The van der Waals surface area contributed by atoms with Gasteiger partial charge in [0.2, 0.25) is 5.91 Å². The number of thiophene rings is 1. The Morgan fingerprint density at radius 1 is 1.24 bits per heavy atom. The van der Waals surface area contributed by atoms with Gasteiger partial charge < -0.3 is 15.0 Å². The molecule has 1 amide bonds. The van der Waals surface area contributed by atoms with Crippen molar-refractivity contribution in [2.45, 2.75) is 13.1 Å². The van der Waals surface area contributed by atoms with Gasteiger partial charge in [0.15, 0.2) is 0 Å². The molecule has 0 bridgehead atoms. The molecular formula is C16H20N2O2S. The Labute approximate surface area is 129 Å². The van der Waals surface area contributed by atoms with Crippen LogP contribution < -0.4 is 10.1 Å². The Hall–Kier alpha value is -1.85. The fourth-order valence-electron chi connectivity index (χ4n) is 2.13. The number of likely N-dealkylation sites (N-methyl/N-ethyl adjacent to an activating group) is 1. The van der Waals surface area contributed by atoms with E-state index in [1.807, 2.05) is 46.7 Å². The zero-order valence-corrected chi connectivity index (χ0v) is 13.2. The average molecular weight is 304 g/mol. The van der Waals surface area contributed by atoms with Crippen molar-refractivity contribution in [1.29, 1.82) is 0 Å². The zero-order chi connectivity index (χ0) is 15.1. The first-order chi connectivity index (χ1) is 10.2. The molecule has 2 aromatic rings. The van der Waals surface area contributed by atoms with Crippen LogP contribution in [0.25, 0.3) is 0 Å². The number of para-hydroxylation sites is 1. The van der Waals surface area contributed by atoms with E-state index in [9.17, 15) is 4.79 Å². The molecule has 0 aliphatic rings. The van der Waals surface area contributed by atoms with E-state index in [0.29, 0.717) is 19.6 Å². The molecule has 1 heterocycles. The standard InChI is InChI=1S/C16H20N2O2S/c1-17-10-16(19)18(12-14-7-5-9-21-14)11-13-6-3-4-8-15(13)20-2/h3-9,17H,10-12H2,1-2H3. The summed E-state index contributed by atoms with van der Waals surface area (Å²) in [6, 6.07) is 11.9. The van der Waals surface area contributed by atoms with Crippen LogP contribution in [-0.4, -0.2) is 31.5 Å². The second-order valence-corrected chi connectivity index (χ2v) is 5.70. The minimum Gasteiger partial charge on any atom is -0.496 e. The smallest absolute Gasteiger partial charge is 0.237 e. The van der Waals surface area contributed by atoms with Crippen LogP contribution in [0.5, 0.6) is 5.75 Å². The van der Waals surface area contributed by atoms with E-state index in [2.05, 4.69) is 5.32 Å². The van der Waals surface area contributed by atoms with Gasteiger partial charge in [0.05, 0.1) is 20.2 Å². The lowest BCUT2D eigenvalue weighted by Crippen LogP contribution is -2.36. The number of amides is 1. The number of carbonyl (C=O) groups excluding carboxylic acids is 1. The number of nitrogens with zero attached hydrogens (tertiary/aromatic N) is 1. The summed E-state index contributed by atoms with van der Waals surface area (Å²) in [4.78, 5) is 15.3. The molecule has 0 aliphatic heterocycles. The molecule has 0 atom stereocenters. The molecular weight excluding hydrogens is 284 g/mol. The van der Waals surface area contributed by atoms with Crippen molar-refractivity contribution in [3.8, 4) is 5.75 Å². The van der Waals surface area contributed by atoms with Gasteiger partial charge in [0.1, 0.15) is 5.75 Å². The summed E-state index contributed by atoms with van der Waals surface area (Å²) >= 11 is 1.66. The first-order valence-electron chi connectivity index (χ1n) is 6.81. The van der Waals surface area contributed by atoms with E-state index in [1.165, 1.54) is 4.88 Å². The van der Waals surface area contributed by atoms with Crippen LogP contribution in [0.2, 0.25) is 0 Å². The fourth-order valence-corrected chi connectivity index (χ4v) is 2.84. The van der Waals surface area contributed by atoms with Crippen molar-refractivity contribution >= 4 is 17.2 Å². The Morgan fingerprint density at radius 2 is 2.05 bits per heavy atom. The summed E-state index contributed by atoms with van der Waals surface area (Å²) in [5, 5.41) is 4.95. The number of hydrogen-bond acceptors (Lipinski definition) is 4. The van der Waals surface area contributed by atoms with Crippen LogP contribution in [0.1, 0.15) is 10.4 Å². The van der Waals surface area contributed by atoms with Crippen LogP contribution in [0.15, 0.2) is 41.8 Å². The van der Waals surface area contributed by atoms with Crippen LogP contribution in [0.4, 0.5) is 0 Å². The zero-order valence-electron chi connectivity index (χ0n) is 12.3. The molecule has 1 aromatic carbocycles. The second kappa shape index (κ2) is 7.81. The highest BCUT2D eigenvalue weighted by Crippen LogP contribution is 2.21. The molecule has 1 aromatic heterocycles. The first kappa shape index (κ1) is 15.5.